The summed E-state index contributed by atoms with van der Waals surface area (Å²) in [5.74, 6) is -0.299. The SMILES string of the molecule is CC=C(NC)C(=O)OCC. The molecule has 0 radical (unpaired) electrons. The van der Waals surface area contributed by atoms with Gasteiger partial charge in [0.25, 0.3) is 0 Å². The number of carbonyl (C=O) groups is 1. The number of nitrogens with one attached hydrogen (secondary N) is 1. The fourth-order valence-electron chi connectivity index (χ4n) is 0.573. The lowest BCUT2D eigenvalue weighted by Gasteiger charge is -2.03. The highest BCUT2D eigenvalue weighted by molar-refractivity contribution is 5.87. The van der Waals surface area contributed by atoms with Crippen molar-refractivity contribution >= 4 is 5.97 Å². The molecule has 58 valence electrons. The van der Waals surface area contributed by atoms with E-state index in [0.29, 0.717) is 12.3 Å². The van der Waals surface area contributed by atoms with Crippen molar-refractivity contribution in [3.8, 4) is 0 Å². The number of allylic oxidation sites excluding steroid dienone is 1. The van der Waals surface area contributed by atoms with E-state index in [1.807, 2.05) is 0 Å². The molecule has 0 spiro atoms. The molecular weight excluding hydrogens is 130 g/mol. The second-order valence-corrected chi connectivity index (χ2v) is 1.67. The van der Waals surface area contributed by atoms with Crippen LogP contribution in [0.2, 0.25) is 0 Å². The van der Waals surface area contributed by atoms with Crippen LogP contribution in [0, 0.1) is 0 Å². The van der Waals surface area contributed by atoms with Crippen molar-refractivity contribution in [3.63, 3.8) is 0 Å². The number of esters is 1. The molecule has 0 heterocycles. The van der Waals surface area contributed by atoms with Crippen LogP contribution in [0.1, 0.15) is 13.8 Å². The van der Waals surface area contributed by atoms with Crippen molar-refractivity contribution in [1.29, 1.82) is 0 Å². The lowest BCUT2D eigenvalue weighted by Crippen LogP contribution is -2.18. The molecular formula is C7H13NO2. The predicted molar refractivity (Wildman–Crippen MR) is 39.4 cm³/mol. The number of hydrogen-bond acceptors (Lipinski definition) is 3. The highest BCUT2D eigenvalue weighted by atomic mass is 16.5. The number of carbonyl (C=O) groups excluding carboxylic acids is 1. The van der Waals surface area contributed by atoms with E-state index in [1.165, 1.54) is 0 Å². The molecule has 0 saturated carbocycles. The molecule has 0 unspecified atom stereocenters. The standard InChI is InChI=1S/C7H13NO2/c1-4-6(8-3)7(9)10-5-2/h4,8H,5H2,1-3H3. The summed E-state index contributed by atoms with van der Waals surface area (Å²) >= 11 is 0. The van der Waals surface area contributed by atoms with Gasteiger partial charge in [-0.3, -0.25) is 0 Å². The molecule has 0 fully saturated rings. The largest absolute Gasteiger partial charge is 0.461 e. The zero-order chi connectivity index (χ0) is 7.98. The van der Waals surface area contributed by atoms with Crippen molar-refractivity contribution in [3.05, 3.63) is 11.8 Å². The molecule has 0 saturated heterocycles. The minimum atomic E-state index is -0.299. The van der Waals surface area contributed by atoms with Crippen molar-refractivity contribution in [2.45, 2.75) is 13.8 Å². The van der Waals surface area contributed by atoms with Gasteiger partial charge < -0.3 is 10.1 Å². The van der Waals surface area contributed by atoms with Gasteiger partial charge >= 0.3 is 5.97 Å². The summed E-state index contributed by atoms with van der Waals surface area (Å²) in [7, 11) is 1.69. The number of hydrogen-bond donors (Lipinski definition) is 1. The molecule has 0 amide bonds. The minimum absolute atomic E-state index is 0.299. The van der Waals surface area contributed by atoms with Crippen molar-refractivity contribution < 1.29 is 9.53 Å². The maximum absolute atomic E-state index is 10.9. The van der Waals surface area contributed by atoms with Crippen LogP contribution in [-0.2, 0) is 9.53 Å². The summed E-state index contributed by atoms with van der Waals surface area (Å²) in [6.45, 7) is 3.97. The van der Waals surface area contributed by atoms with Gasteiger partial charge in [-0.25, -0.2) is 4.79 Å². The van der Waals surface area contributed by atoms with Crippen molar-refractivity contribution in [2.75, 3.05) is 13.7 Å². The quantitative estimate of drug-likeness (QED) is 0.466. The fraction of sp³-hybridized carbons (Fsp3) is 0.571. The van der Waals surface area contributed by atoms with Gasteiger partial charge in [-0.05, 0) is 13.8 Å². The van der Waals surface area contributed by atoms with E-state index < -0.39 is 0 Å². The van der Waals surface area contributed by atoms with Crippen molar-refractivity contribution in [2.24, 2.45) is 0 Å². The number of likely N-dealkylation sites (N-methyl/N-ethyl adjacent to an activating group) is 1. The molecule has 10 heavy (non-hydrogen) atoms. The van der Waals surface area contributed by atoms with Gasteiger partial charge in [-0.1, -0.05) is 6.08 Å². The van der Waals surface area contributed by atoms with E-state index in [2.05, 4.69) is 5.32 Å². The summed E-state index contributed by atoms with van der Waals surface area (Å²) < 4.78 is 4.72. The molecule has 0 rings (SSSR count). The Balaban J connectivity index is 3.91. The van der Waals surface area contributed by atoms with Crippen LogP contribution in [0.4, 0.5) is 0 Å². The van der Waals surface area contributed by atoms with Gasteiger partial charge in [-0.2, -0.15) is 0 Å². The Hall–Kier alpha value is -0.990. The van der Waals surface area contributed by atoms with Crippen molar-refractivity contribution in [1.82, 2.24) is 5.32 Å². The summed E-state index contributed by atoms with van der Waals surface area (Å²) in [6.07, 6.45) is 1.68. The third-order valence-electron chi connectivity index (χ3n) is 1.05. The van der Waals surface area contributed by atoms with Crippen LogP contribution in [-0.4, -0.2) is 19.6 Å². The Kier molecular flexibility index (Phi) is 4.37. The Bertz CT molecular complexity index is 141. The van der Waals surface area contributed by atoms with E-state index in [1.54, 1.807) is 27.0 Å². The first-order valence-electron chi connectivity index (χ1n) is 3.27. The second-order valence-electron chi connectivity index (χ2n) is 1.67. The molecule has 3 heteroatoms. The molecule has 1 N–H and O–H groups in total. The number of ether oxygens (including phenoxy) is 1. The van der Waals surface area contributed by atoms with E-state index >= 15 is 0 Å². The van der Waals surface area contributed by atoms with Gasteiger partial charge in [-0.15, -0.1) is 0 Å². The van der Waals surface area contributed by atoms with E-state index in [0.717, 1.165) is 0 Å². The summed E-state index contributed by atoms with van der Waals surface area (Å²) in [5, 5.41) is 2.72. The first-order chi connectivity index (χ1) is 4.76. The van der Waals surface area contributed by atoms with Gasteiger partial charge in [0.1, 0.15) is 5.70 Å². The predicted octanol–water partition coefficient (Wildman–Crippen LogP) is 0.673. The fourth-order valence-corrected chi connectivity index (χ4v) is 0.573. The monoisotopic (exact) mass is 143 g/mol. The highest BCUT2D eigenvalue weighted by Crippen LogP contribution is 1.90. The van der Waals surface area contributed by atoms with Gasteiger partial charge in [0, 0.05) is 7.05 Å². The molecule has 0 aliphatic heterocycles. The first kappa shape index (κ1) is 9.01. The maximum atomic E-state index is 10.9. The van der Waals surface area contributed by atoms with E-state index in [9.17, 15) is 4.79 Å². The van der Waals surface area contributed by atoms with Gasteiger partial charge in [0.15, 0.2) is 0 Å². The molecule has 0 bridgehead atoms. The Morgan fingerprint density at radius 2 is 2.30 bits per heavy atom. The average molecular weight is 143 g/mol. The van der Waals surface area contributed by atoms with Crippen LogP contribution < -0.4 is 5.32 Å². The maximum Gasteiger partial charge on any atom is 0.354 e. The van der Waals surface area contributed by atoms with Gasteiger partial charge in [0.05, 0.1) is 6.61 Å². The van der Waals surface area contributed by atoms with E-state index in [4.69, 9.17) is 4.74 Å². The summed E-state index contributed by atoms with van der Waals surface area (Å²) in [5.41, 5.74) is 0.502. The molecule has 0 aliphatic rings. The molecule has 0 aromatic carbocycles. The van der Waals surface area contributed by atoms with E-state index in [-0.39, 0.29) is 5.97 Å². The Morgan fingerprint density at radius 3 is 2.60 bits per heavy atom. The Labute approximate surface area is 61.1 Å². The van der Waals surface area contributed by atoms with Crippen LogP contribution in [0.3, 0.4) is 0 Å². The number of rotatable bonds is 3. The summed E-state index contributed by atoms with van der Waals surface area (Å²) in [6, 6.07) is 0. The molecule has 0 atom stereocenters. The highest BCUT2D eigenvalue weighted by Gasteiger charge is 2.04. The second kappa shape index (κ2) is 4.85. The molecule has 0 aromatic rings. The average Bonchev–Trinajstić information content (AvgIpc) is 1.91. The zero-order valence-corrected chi connectivity index (χ0v) is 6.60. The minimum Gasteiger partial charge on any atom is -0.461 e. The molecule has 3 nitrogen and oxygen atoms in total. The Morgan fingerprint density at radius 1 is 1.70 bits per heavy atom. The third-order valence-corrected chi connectivity index (χ3v) is 1.05. The van der Waals surface area contributed by atoms with Crippen LogP contribution in [0.15, 0.2) is 11.8 Å². The smallest absolute Gasteiger partial charge is 0.354 e. The molecule has 0 aliphatic carbocycles. The normalized spacial score (nSPS) is 10.9. The summed E-state index contributed by atoms with van der Waals surface area (Å²) in [4.78, 5) is 10.9. The third kappa shape index (κ3) is 2.53. The van der Waals surface area contributed by atoms with Crippen LogP contribution in [0.25, 0.3) is 0 Å². The van der Waals surface area contributed by atoms with Gasteiger partial charge in [0.2, 0.25) is 0 Å². The lowest BCUT2D eigenvalue weighted by atomic mass is 10.4. The zero-order valence-electron chi connectivity index (χ0n) is 6.60. The molecule has 0 aromatic heterocycles. The van der Waals surface area contributed by atoms with Crippen LogP contribution >= 0.6 is 0 Å². The van der Waals surface area contributed by atoms with Crippen LogP contribution in [0.5, 0.6) is 0 Å². The lowest BCUT2D eigenvalue weighted by molar-refractivity contribution is -0.138. The topological polar surface area (TPSA) is 38.3 Å². The first-order valence-corrected chi connectivity index (χ1v) is 3.27.